The van der Waals surface area contributed by atoms with Crippen molar-refractivity contribution in [2.75, 3.05) is 29.9 Å². The van der Waals surface area contributed by atoms with Crippen LogP contribution in [0, 0.1) is 12.8 Å². The van der Waals surface area contributed by atoms with E-state index < -0.39 is 5.97 Å². The number of hydrogen-bond donors (Lipinski definition) is 2. The topological polar surface area (TPSA) is 92.0 Å². The van der Waals surface area contributed by atoms with Crippen molar-refractivity contribution in [1.29, 1.82) is 0 Å². The van der Waals surface area contributed by atoms with Gasteiger partial charge >= 0.3 is 5.97 Å². The van der Waals surface area contributed by atoms with Crippen molar-refractivity contribution >= 4 is 34.2 Å². The maximum absolute atomic E-state index is 13.1. The van der Waals surface area contributed by atoms with E-state index in [4.69, 9.17) is 14.3 Å². The molecular formula is C35H32N2O5. The quantitative estimate of drug-likeness (QED) is 0.202. The highest BCUT2D eigenvalue weighted by Gasteiger charge is 2.21. The molecule has 1 fully saturated rings. The van der Waals surface area contributed by atoms with Crippen LogP contribution in [0.2, 0.25) is 0 Å². The number of nitrogens with one attached hydrogen (secondary N) is 1. The lowest BCUT2D eigenvalue weighted by molar-refractivity contribution is 0.0696. The largest absolute Gasteiger partial charge is 0.493 e. The van der Waals surface area contributed by atoms with Crippen LogP contribution in [0.3, 0.4) is 0 Å². The van der Waals surface area contributed by atoms with Gasteiger partial charge in [0.2, 0.25) is 0 Å². The average Bonchev–Trinajstić information content (AvgIpc) is 3.37. The molecule has 4 aromatic carbocycles. The highest BCUT2D eigenvalue weighted by molar-refractivity contribution is 6.06. The molecule has 0 radical (unpaired) electrons. The molecule has 1 aromatic heterocycles. The van der Waals surface area contributed by atoms with E-state index in [2.05, 4.69) is 28.4 Å². The van der Waals surface area contributed by atoms with Crippen molar-refractivity contribution in [3.05, 3.63) is 114 Å². The Kier molecular flexibility index (Phi) is 7.64. The number of carbonyl (C=O) groups excluding carboxylic acids is 1. The molecule has 6 rings (SSSR count). The summed E-state index contributed by atoms with van der Waals surface area (Å²) in [6, 6.07) is 30.7. The Bertz CT molecular complexity index is 1720. The zero-order valence-corrected chi connectivity index (χ0v) is 23.4. The summed E-state index contributed by atoms with van der Waals surface area (Å²) in [5.41, 5.74) is 5.75. The molecule has 1 amide bonds. The molecule has 0 atom stereocenters. The molecule has 7 heteroatoms. The number of nitrogens with zero attached hydrogens (tertiary/aromatic N) is 1. The van der Waals surface area contributed by atoms with Crippen molar-refractivity contribution in [1.82, 2.24) is 0 Å². The number of amides is 1. The smallest absolute Gasteiger partial charge is 0.335 e. The van der Waals surface area contributed by atoms with Crippen LogP contribution < -0.4 is 15.0 Å². The molecule has 2 heterocycles. The third-order valence-electron chi connectivity index (χ3n) is 7.92. The first kappa shape index (κ1) is 27.1. The fraction of sp³-hybridized carbons (Fsp3) is 0.200. The summed E-state index contributed by atoms with van der Waals surface area (Å²) in [6.45, 7) is 4.28. The minimum absolute atomic E-state index is 0.229. The number of fused-ring (bicyclic) bond motifs is 1. The van der Waals surface area contributed by atoms with Gasteiger partial charge in [0.25, 0.3) is 5.91 Å². The number of carboxylic acid groups (broad SMARTS) is 1. The number of piperidine rings is 1. The van der Waals surface area contributed by atoms with Crippen LogP contribution in [0.1, 0.15) is 39.3 Å². The number of benzene rings is 4. The van der Waals surface area contributed by atoms with Gasteiger partial charge in [-0.3, -0.25) is 4.79 Å². The van der Waals surface area contributed by atoms with E-state index >= 15 is 0 Å². The summed E-state index contributed by atoms with van der Waals surface area (Å²) in [5, 5.41) is 13.1. The van der Waals surface area contributed by atoms with Crippen molar-refractivity contribution in [3.8, 4) is 16.9 Å². The SMILES string of the molecule is Cc1c(C(=O)Nc2ccc(N3CCC(COc4cccc(C(=O)O)c4)CC3)cc2)oc2ccc(-c3ccccc3)cc12. The van der Waals surface area contributed by atoms with E-state index in [-0.39, 0.29) is 11.5 Å². The molecule has 1 aliphatic heterocycles. The Morgan fingerprint density at radius 3 is 2.40 bits per heavy atom. The van der Waals surface area contributed by atoms with Gasteiger partial charge in [0, 0.05) is 35.4 Å². The summed E-state index contributed by atoms with van der Waals surface area (Å²) in [6.07, 6.45) is 1.96. The molecule has 2 N–H and O–H groups in total. The number of anilines is 2. The number of hydrogen-bond acceptors (Lipinski definition) is 5. The zero-order valence-electron chi connectivity index (χ0n) is 23.4. The molecule has 0 unspecified atom stereocenters. The molecule has 42 heavy (non-hydrogen) atoms. The molecule has 0 aliphatic carbocycles. The number of ether oxygens (including phenoxy) is 1. The molecule has 0 saturated carbocycles. The lowest BCUT2D eigenvalue weighted by Gasteiger charge is -2.33. The highest BCUT2D eigenvalue weighted by Crippen LogP contribution is 2.31. The standard InChI is InChI=1S/C35H32N2O5/c1-23-31-21-26(25-6-3-2-4-7-25)10-15-32(31)42-33(23)34(38)36-28-11-13-29(14-12-28)37-18-16-24(17-19-37)22-41-30-9-5-8-27(20-30)35(39)40/h2-15,20-21,24H,16-19,22H2,1H3,(H,36,38)(H,39,40). The predicted molar refractivity (Wildman–Crippen MR) is 165 cm³/mol. The molecular weight excluding hydrogens is 528 g/mol. The van der Waals surface area contributed by atoms with E-state index in [1.165, 1.54) is 0 Å². The summed E-state index contributed by atoms with van der Waals surface area (Å²) in [4.78, 5) is 26.7. The number of aryl methyl sites for hydroxylation is 1. The van der Waals surface area contributed by atoms with E-state index in [1.54, 1.807) is 24.3 Å². The monoisotopic (exact) mass is 560 g/mol. The van der Waals surface area contributed by atoms with E-state index in [0.717, 1.165) is 53.7 Å². The van der Waals surface area contributed by atoms with Crippen LogP contribution in [0.4, 0.5) is 11.4 Å². The minimum Gasteiger partial charge on any atom is -0.493 e. The van der Waals surface area contributed by atoms with Gasteiger partial charge in [-0.1, -0.05) is 42.5 Å². The second-order valence-corrected chi connectivity index (χ2v) is 10.7. The third-order valence-corrected chi connectivity index (χ3v) is 7.92. The third kappa shape index (κ3) is 5.86. The fourth-order valence-electron chi connectivity index (χ4n) is 5.48. The Morgan fingerprint density at radius 2 is 1.67 bits per heavy atom. The first-order valence-electron chi connectivity index (χ1n) is 14.2. The van der Waals surface area contributed by atoms with Crippen LogP contribution in [0.5, 0.6) is 5.75 Å². The second-order valence-electron chi connectivity index (χ2n) is 10.7. The number of carboxylic acids is 1. The van der Waals surface area contributed by atoms with Crippen molar-refractivity contribution < 1.29 is 23.8 Å². The maximum Gasteiger partial charge on any atom is 0.335 e. The molecule has 1 saturated heterocycles. The first-order valence-corrected chi connectivity index (χ1v) is 14.2. The van der Waals surface area contributed by atoms with Crippen molar-refractivity contribution in [2.24, 2.45) is 5.92 Å². The fourth-order valence-corrected chi connectivity index (χ4v) is 5.48. The van der Waals surface area contributed by atoms with Crippen molar-refractivity contribution in [2.45, 2.75) is 19.8 Å². The Balaban J connectivity index is 1.04. The van der Waals surface area contributed by atoms with Crippen LogP contribution in [0.15, 0.2) is 101 Å². The summed E-state index contributed by atoms with van der Waals surface area (Å²) in [7, 11) is 0. The van der Waals surface area contributed by atoms with Gasteiger partial charge in [-0.2, -0.15) is 0 Å². The van der Waals surface area contributed by atoms with Gasteiger partial charge in [-0.05, 0) is 91.4 Å². The Hall–Kier alpha value is -5.04. The number of carbonyl (C=O) groups is 2. The second kappa shape index (κ2) is 11.8. The Labute approximate surface area is 244 Å². The summed E-state index contributed by atoms with van der Waals surface area (Å²) < 4.78 is 11.9. The molecule has 1 aliphatic rings. The van der Waals surface area contributed by atoms with E-state index in [9.17, 15) is 9.59 Å². The van der Waals surface area contributed by atoms with Crippen LogP contribution in [-0.4, -0.2) is 36.7 Å². The van der Waals surface area contributed by atoms with Gasteiger partial charge in [-0.15, -0.1) is 0 Å². The number of rotatable bonds is 8. The lowest BCUT2D eigenvalue weighted by atomic mass is 9.97. The first-order chi connectivity index (χ1) is 20.4. The Morgan fingerprint density at radius 1 is 0.905 bits per heavy atom. The van der Waals surface area contributed by atoms with Crippen molar-refractivity contribution in [3.63, 3.8) is 0 Å². The van der Waals surface area contributed by atoms with Gasteiger partial charge < -0.3 is 24.5 Å². The molecule has 0 spiro atoms. The van der Waals surface area contributed by atoms with Gasteiger partial charge in [-0.25, -0.2) is 4.79 Å². The zero-order chi connectivity index (χ0) is 29.1. The van der Waals surface area contributed by atoms with Crippen LogP contribution in [-0.2, 0) is 0 Å². The van der Waals surface area contributed by atoms with Crippen LogP contribution >= 0.6 is 0 Å². The molecule has 7 nitrogen and oxygen atoms in total. The molecule has 0 bridgehead atoms. The summed E-state index contributed by atoms with van der Waals surface area (Å²) in [5.74, 6) is 0.0844. The minimum atomic E-state index is -0.957. The van der Waals surface area contributed by atoms with Gasteiger partial charge in [0.15, 0.2) is 5.76 Å². The maximum atomic E-state index is 13.1. The predicted octanol–water partition coefficient (Wildman–Crippen LogP) is 7.65. The molecule has 5 aromatic rings. The van der Waals surface area contributed by atoms with E-state index in [0.29, 0.717) is 35.3 Å². The number of aromatic carboxylic acids is 1. The lowest BCUT2D eigenvalue weighted by Crippen LogP contribution is -2.35. The number of furan rings is 1. The average molecular weight is 561 g/mol. The van der Waals surface area contributed by atoms with Gasteiger partial charge in [0.1, 0.15) is 11.3 Å². The normalized spacial score (nSPS) is 13.7. The summed E-state index contributed by atoms with van der Waals surface area (Å²) >= 11 is 0. The highest BCUT2D eigenvalue weighted by atomic mass is 16.5. The molecule has 212 valence electrons. The van der Waals surface area contributed by atoms with Crippen LogP contribution in [0.25, 0.3) is 22.1 Å². The van der Waals surface area contributed by atoms with E-state index in [1.807, 2.05) is 61.5 Å². The van der Waals surface area contributed by atoms with Gasteiger partial charge in [0.05, 0.1) is 12.2 Å².